The molecule has 0 aliphatic rings. The first kappa shape index (κ1) is 17.6. The maximum atomic E-state index is 11.6. The molecule has 2 N–H and O–H groups in total. The molecule has 0 aromatic heterocycles. The first-order valence-electron chi connectivity index (χ1n) is 5.77. The van der Waals surface area contributed by atoms with Crippen LogP contribution >= 0.6 is 22.0 Å². The summed E-state index contributed by atoms with van der Waals surface area (Å²) in [6.45, 7) is 4.30. The molecule has 0 rings (SSSR count). The number of rotatable bonds is 9. The van der Waals surface area contributed by atoms with Crippen LogP contribution in [-0.4, -0.2) is 56.9 Å². The summed E-state index contributed by atoms with van der Waals surface area (Å²) < 4.78 is 2.99. The summed E-state index contributed by atoms with van der Waals surface area (Å²) in [6, 6.07) is 0. The number of aliphatic hydroxyl groups excluding tert-OH is 2. The van der Waals surface area contributed by atoms with Crippen LogP contribution < -0.4 is 0 Å². The van der Waals surface area contributed by atoms with Crippen molar-refractivity contribution in [3.05, 3.63) is 0 Å². The van der Waals surface area contributed by atoms with Gasteiger partial charge in [-0.25, -0.2) is 0 Å². The van der Waals surface area contributed by atoms with E-state index in [2.05, 4.69) is 0 Å². The van der Waals surface area contributed by atoms with Crippen molar-refractivity contribution in [3.8, 4) is 0 Å². The lowest BCUT2D eigenvalue weighted by Crippen LogP contribution is -2.27. The van der Waals surface area contributed by atoms with E-state index in [1.54, 1.807) is 0 Å². The lowest BCUT2D eigenvalue weighted by molar-refractivity contribution is -0.127. The Morgan fingerprint density at radius 2 is 1.22 bits per heavy atom. The fourth-order valence-electron chi connectivity index (χ4n) is 1.06. The molecule has 2 amide bonds. The lowest BCUT2D eigenvalue weighted by atomic mass is 10.4. The number of nitrogens with zero attached hydrogens (tertiary/aromatic N) is 2. The van der Waals surface area contributed by atoms with Gasteiger partial charge in [0.25, 0.3) is 0 Å². The van der Waals surface area contributed by atoms with Crippen LogP contribution in [0.5, 0.6) is 0 Å². The van der Waals surface area contributed by atoms with Crippen LogP contribution in [0, 0.1) is 0 Å². The Morgan fingerprint density at radius 3 is 1.44 bits per heavy atom. The van der Waals surface area contributed by atoms with Gasteiger partial charge in [-0.2, -0.15) is 0 Å². The third-order valence-corrected chi connectivity index (χ3v) is 4.63. The van der Waals surface area contributed by atoms with Crippen LogP contribution in [0.15, 0.2) is 0 Å². The summed E-state index contributed by atoms with van der Waals surface area (Å²) in [5.74, 6) is -0.327. The molecule has 8 heteroatoms. The molecule has 0 unspecified atom stereocenters. The number of carbonyl (C=O) groups is 2. The molecule has 0 saturated heterocycles. The molecule has 0 aliphatic heterocycles. The van der Waals surface area contributed by atoms with Crippen LogP contribution in [0.3, 0.4) is 0 Å². The van der Waals surface area contributed by atoms with Gasteiger partial charge in [-0.3, -0.25) is 18.2 Å². The second-order valence-corrected chi connectivity index (χ2v) is 5.35. The Morgan fingerprint density at radius 1 is 0.889 bits per heavy atom. The molecule has 0 radical (unpaired) electrons. The molecule has 0 fully saturated rings. The van der Waals surface area contributed by atoms with E-state index in [1.165, 1.54) is 30.6 Å². The third kappa shape index (κ3) is 6.48. The highest BCUT2D eigenvalue weighted by molar-refractivity contribution is 8.75. The predicted octanol–water partition coefficient (Wildman–Crippen LogP) is 0.660. The van der Waals surface area contributed by atoms with Gasteiger partial charge in [-0.1, -0.05) is 0 Å². The molecule has 0 aromatic carbocycles. The van der Waals surface area contributed by atoms with Crippen LogP contribution in [-0.2, 0) is 9.59 Å². The zero-order valence-electron chi connectivity index (χ0n) is 10.7. The molecule has 6 nitrogen and oxygen atoms in total. The summed E-state index contributed by atoms with van der Waals surface area (Å²) in [4.78, 5) is 23.1. The van der Waals surface area contributed by atoms with Crippen LogP contribution in [0.25, 0.3) is 0 Å². The number of carbonyl (C=O) groups excluding carboxylic acids is 2. The van der Waals surface area contributed by atoms with Gasteiger partial charge in [0.1, 0.15) is 0 Å². The lowest BCUT2D eigenvalue weighted by Gasteiger charge is -2.23. The molecule has 106 valence electrons. The minimum absolute atomic E-state index is 0.0815. The second kappa shape index (κ2) is 10.5. The van der Waals surface area contributed by atoms with Crippen molar-refractivity contribution >= 4 is 33.8 Å². The van der Waals surface area contributed by atoms with Crippen molar-refractivity contribution in [3.63, 3.8) is 0 Å². The number of aliphatic hydroxyl groups is 2. The van der Waals surface area contributed by atoms with Gasteiger partial charge in [0.05, 0.1) is 26.1 Å². The highest BCUT2D eigenvalue weighted by Crippen LogP contribution is 2.30. The number of hydrogen-bond acceptors (Lipinski definition) is 6. The fraction of sp³-hybridized carbons (Fsp3) is 0.800. The van der Waals surface area contributed by atoms with Crippen molar-refractivity contribution < 1.29 is 19.8 Å². The van der Waals surface area contributed by atoms with Gasteiger partial charge >= 0.3 is 0 Å². The van der Waals surface area contributed by atoms with Crippen molar-refractivity contribution in [2.75, 3.05) is 26.3 Å². The highest BCUT2D eigenvalue weighted by atomic mass is 33.1. The Hall–Kier alpha value is -0.440. The second-order valence-electron chi connectivity index (χ2n) is 3.27. The van der Waals surface area contributed by atoms with Gasteiger partial charge < -0.3 is 10.2 Å². The zero-order valence-corrected chi connectivity index (χ0v) is 12.3. The number of hydrogen-bond donors (Lipinski definition) is 2. The molecule has 0 heterocycles. The van der Waals surface area contributed by atoms with Crippen molar-refractivity contribution in [2.45, 2.75) is 26.7 Å². The molecule has 0 bridgehead atoms. The summed E-state index contributed by atoms with van der Waals surface area (Å²) in [6.07, 6.45) is 0.163. The summed E-state index contributed by atoms with van der Waals surface area (Å²) in [5, 5.41) is 17.4. The smallest absolute Gasteiger partial charge is 0.235 e. The molecular weight excluding hydrogens is 276 g/mol. The van der Waals surface area contributed by atoms with E-state index in [0.29, 0.717) is 13.1 Å². The molecule has 18 heavy (non-hydrogen) atoms. The maximum absolute atomic E-state index is 11.6. The zero-order chi connectivity index (χ0) is 14.0. The molecule has 0 atom stereocenters. The van der Waals surface area contributed by atoms with Crippen LogP contribution in [0.2, 0.25) is 0 Å². The minimum atomic E-state index is -0.179. The van der Waals surface area contributed by atoms with Gasteiger partial charge in [-0.15, -0.1) is 0 Å². The predicted molar refractivity (Wildman–Crippen MR) is 73.4 cm³/mol. The van der Waals surface area contributed by atoms with E-state index in [-0.39, 0.29) is 37.9 Å². The molecular formula is C10H20N2O4S2. The average molecular weight is 296 g/mol. The SMILES string of the molecule is CCN(SSN(CC)C(=O)CCO)C(=O)CCO. The topological polar surface area (TPSA) is 81.1 Å². The van der Waals surface area contributed by atoms with Crippen LogP contribution in [0.1, 0.15) is 26.7 Å². The Labute approximate surface area is 115 Å². The van der Waals surface area contributed by atoms with Gasteiger partial charge in [0, 0.05) is 35.0 Å². The van der Waals surface area contributed by atoms with Crippen molar-refractivity contribution in [1.29, 1.82) is 0 Å². The van der Waals surface area contributed by atoms with E-state index in [4.69, 9.17) is 10.2 Å². The highest BCUT2D eigenvalue weighted by Gasteiger charge is 2.17. The van der Waals surface area contributed by atoms with E-state index in [9.17, 15) is 9.59 Å². The van der Waals surface area contributed by atoms with E-state index in [0.717, 1.165) is 0 Å². The molecule has 0 saturated carbocycles. The summed E-state index contributed by atoms with van der Waals surface area (Å²) in [5.41, 5.74) is 0. The molecule has 0 spiro atoms. The normalized spacial score (nSPS) is 10.2. The monoisotopic (exact) mass is 296 g/mol. The van der Waals surface area contributed by atoms with Crippen molar-refractivity contribution in [2.24, 2.45) is 0 Å². The van der Waals surface area contributed by atoms with Crippen LogP contribution in [0.4, 0.5) is 0 Å². The van der Waals surface area contributed by atoms with Gasteiger partial charge in [-0.05, 0) is 13.8 Å². The molecule has 0 aliphatic carbocycles. The van der Waals surface area contributed by atoms with E-state index >= 15 is 0 Å². The minimum Gasteiger partial charge on any atom is -0.396 e. The Balaban J connectivity index is 4.23. The fourth-order valence-corrected chi connectivity index (χ4v) is 3.40. The summed E-state index contributed by atoms with van der Waals surface area (Å²) in [7, 11) is 2.34. The van der Waals surface area contributed by atoms with E-state index in [1.807, 2.05) is 13.8 Å². The maximum Gasteiger partial charge on any atom is 0.235 e. The van der Waals surface area contributed by atoms with Gasteiger partial charge in [0.2, 0.25) is 11.8 Å². The largest absolute Gasteiger partial charge is 0.396 e. The quantitative estimate of drug-likeness (QED) is 0.480. The van der Waals surface area contributed by atoms with Gasteiger partial charge in [0.15, 0.2) is 0 Å². The average Bonchev–Trinajstić information content (AvgIpc) is 2.35. The molecule has 0 aromatic rings. The Bertz CT molecular complexity index is 240. The summed E-state index contributed by atoms with van der Waals surface area (Å²) >= 11 is 0. The third-order valence-electron chi connectivity index (χ3n) is 2.00. The Kier molecular flexibility index (Phi) is 10.2. The standard InChI is InChI=1S/C10H20N2O4S2/c1-3-11(9(15)5-7-13)17-18-12(4-2)10(16)6-8-14/h13-14H,3-8H2,1-2H3. The first-order valence-corrected chi connectivity index (χ1v) is 7.84. The van der Waals surface area contributed by atoms with Crippen molar-refractivity contribution in [1.82, 2.24) is 8.61 Å². The van der Waals surface area contributed by atoms with E-state index < -0.39 is 0 Å². The first-order chi connectivity index (χ1) is 8.60. The number of amides is 2.